The molecule has 0 unspecified atom stereocenters. The minimum atomic E-state index is -0.205. The number of hydrogen-bond acceptors (Lipinski definition) is 3. The third kappa shape index (κ3) is 2.44. The molecular weight excluding hydrogens is 294 g/mol. The van der Waals surface area contributed by atoms with Crippen LogP contribution in [0.1, 0.15) is 21.0 Å². The summed E-state index contributed by atoms with van der Waals surface area (Å²) in [6, 6.07) is 9.28. The van der Waals surface area contributed by atoms with Gasteiger partial charge in [-0.05, 0) is 36.6 Å². The van der Waals surface area contributed by atoms with E-state index < -0.39 is 0 Å². The lowest BCUT2D eigenvalue weighted by Crippen LogP contribution is -2.22. The second kappa shape index (κ2) is 5.31. The van der Waals surface area contributed by atoms with Crippen LogP contribution in [-0.2, 0) is 6.54 Å². The second-order valence-electron chi connectivity index (χ2n) is 4.46. The molecule has 1 amide bonds. The number of aryl methyl sites for hydroxylation is 1. The van der Waals surface area contributed by atoms with Crippen molar-refractivity contribution in [2.75, 3.05) is 0 Å². The van der Waals surface area contributed by atoms with E-state index in [-0.39, 0.29) is 5.91 Å². The van der Waals surface area contributed by atoms with E-state index in [2.05, 4.69) is 5.32 Å². The molecule has 5 heteroatoms. The molecule has 0 aliphatic rings. The van der Waals surface area contributed by atoms with E-state index in [0.717, 1.165) is 15.8 Å². The van der Waals surface area contributed by atoms with E-state index in [1.807, 2.05) is 30.5 Å². The SMILES string of the molecule is Cc1c(C(=O)NCc2cccs2)oc2ccc(Cl)cc12. The molecule has 0 saturated carbocycles. The number of thiophene rings is 1. The molecule has 102 valence electrons. The number of halogens is 1. The van der Waals surface area contributed by atoms with Crippen molar-refractivity contribution in [3.8, 4) is 0 Å². The first-order chi connectivity index (χ1) is 9.65. The number of carbonyl (C=O) groups excluding carboxylic acids is 1. The monoisotopic (exact) mass is 305 g/mol. The van der Waals surface area contributed by atoms with Crippen LogP contribution < -0.4 is 5.32 Å². The second-order valence-corrected chi connectivity index (χ2v) is 5.93. The van der Waals surface area contributed by atoms with Gasteiger partial charge >= 0.3 is 0 Å². The van der Waals surface area contributed by atoms with Crippen LogP contribution in [0, 0.1) is 6.92 Å². The number of amides is 1. The third-order valence-electron chi connectivity index (χ3n) is 3.11. The zero-order valence-electron chi connectivity index (χ0n) is 10.8. The van der Waals surface area contributed by atoms with Gasteiger partial charge in [0, 0.05) is 20.8 Å². The number of hydrogen-bond donors (Lipinski definition) is 1. The summed E-state index contributed by atoms with van der Waals surface area (Å²) >= 11 is 7.58. The molecule has 0 bridgehead atoms. The Morgan fingerprint density at radius 2 is 2.25 bits per heavy atom. The topological polar surface area (TPSA) is 42.2 Å². The van der Waals surface area contributed by atoms with Crippen LogP contribution in [0.3, 0.4) is 0 Å². The molecule has 2 aromatic heterocycles. The average Bonchev–Trinajstić information content (AvgIpc) is 3.05. The van der Waals surface area contributed by atoms with E-state index in [0.29, 0.717) is 22.9 Å². The highest BCUT2D eigenvalue weighted by atomic mass is 35.5. The van der Waals surface area contributed by atoms with E-state index in [9.17, 15) is 4.79 Å². The maximum Gasteiger partial charge on any atom is 0.287 e. The molecule has 0 aliphatic carbocycles. The maximum atomic E-state index is 12.2. The molecule has 3 nitrogen and oxygen atoms in total. The van der Waals surface area contributed by atoms with Crippen LogP contribution in [0.15, 0.2) is 40.1 Å². The smallest absolute Gasteiger partial charge is 0.287 e. The number of rotatable bonds is 3. The van der Waals surface area contributed by atoms with Crippen molar-refractivity contribution >= 4 is 39.8 Å². The van der Waals surface area contributed by atoms with Crippen LogP contribution in [0.2, 0.25) is 5.02 Å². The number of fused-ring (bicyclic) bond motifs is 1. The normalized spacial score (nSPS) is 10.9. The Kier molecular flexibility index (Phi) is 3.51. The average molecular weight is 306 g/mol. The summed E-state index contributed by atoms with van der Waals surface area (Å²) < 4.78 is 5.62. The lowest BCUT2D eigenvalue weighted by atomic mass is 10.1. The first-order valence-corrected chi connectivity index (χ1v) is 7.40. The highest BCUT2D eigenvalue weighted by molar-refractivity contribution is 7.09. The highest BCUT2D eigenvalue weighted by Gasteiger charge is 2.17. The summed E-state index contributed by atoms with van der Waals surface area (Å²) in [5.74, 6) is 0.141. The van der Waals surface area contributed by atoms with Crippen molar-refractivity contribution in [2.24, 2.45) is 0 Å². The molecule has 20 heavy (non-hydrogen) atoms. The van der Waals surface area contributed by atoms with Crippen molar-refractivity contribution in [3.05, 3.63) is 56.9 Å². The van der Waals surface area contributed by atoms with Gasteiger partial charge in [0.25, 0.3) is 5.91 Å². The quantitative estimate of drug-likeness (QED) is 0.780. The zero-order valence-corrected chi connectivity index (χ0v) is 12.3. The Labute approximate surface area is 125 Å². The van der Waals surface area contributed by atoms with Crippen LogP contribution in [-0.4, -0.2) is 5.91 Å². The van der Waals surface area contributed by atoms with Gasteiger partial charge in [-0.1, -0.05) is 17.7 Å². The van der Waals surface area contributed by atoms with Crippen LogP contribution in [0.5, 0.6) is 0 Å². The summed E-state index contributed by atoms with van der Waals surface area (Å²) in [4.78, 5) is 13.3. The molecule has 3 aromatic rings. The van der Waals surface area contributed by atoms with Crippen molar-refractivity contribution < 1.29 is 9.21 Å². The summed E-state index contributed by atoms with van der Waals surface area (Å²) in [7, 11) is 0. The first kappa shape index (κ1) is 13.2. The van der Waals surface area contributed by atoms with Crippen molar-refractivity contribution in [2.45, 2.75) is 13.5 Å². The first-order valence-electron chi connectivity index (χ1n) is 6.14. The molecule has 0 saturated heterocycles. The van der Waals surface area contributed by atoms with Crippen LogP contribution in [0.25, 0.3) is 11.0 Å². The largest absolute Gasteiger partial charge is 0.451 e. The summed E-state index contributed by atoms with van der Waals surface area (Å²) in [5.41, 5.74) is 1.49. The Morgan fingerprint density at radius 1 is 1.40 bits per heavy atom. The standard InChI is InChI=1S/C15H12ClNO2S/c1-9-12-7-10(16)4-5-13(12)19-14(9)15(18)17-8-11-3-2-6-20-11/h2-7H,8H2,1H3,(H,17,18). The van der Waals surface area contributed by atoms with Gasteiger partial charge in [-0.15, -0.1) is 11.3 Å². The number of carbonyl (C=O) groups is 1. The number of nitrogens with one attached hydrogen (secondary N) is 1. The molecule has 0 spiro atoms. The Hall–Kier alpha value is -1.78. The molecule has 2 heterocycles. The van der Waals surface area contributed by atoms with E-state index in [1.54, 1.807) is 23.5 Å². The van der Waals surface area contributed by atoms with Gasteiger partial charge in [-0.3, -0.25) is 4.79 Å². The molecule has 3 rings (SSSR count). The Morgan fingerprint density at radius 3 is 3.00 bits per heavy atom. The summed E-state index contributed by atoms with van der Waals surface area (Å²) in [5, 5.41) is 6.35. The molecular formula is C15H12ClNO2S. The van der Waals surface area contributed by atoms with E-state index in [4.69, 9.17) is 16.0 Å². The minimum Gasteiger partial charge on any atom is -0.451 e. The fourth-order valence-electron chi connectivity index (χ4n) is 2.07. The van der Waals surface area contributed by atoms with Crippen LogP contribution >= 0.6 is 22.9 Å². The molecule has 0 radical (unpaired) electrons. The van der Waals surface area contributed by atoms with Crippen molar-refractivity contribution in [1.29, 1.82) is 0 Å². The zero-order chi connectivity index (χ0) is 14.1. The lowest BCUT2D eigenvalue weighted by Gasteiger charge is -2.01. The summed E-state index contributed by atoms with van der Waals surface area (Å²) in [6.07, 6.45) is 0. The molecule has 0 fully saturated rings. The molecule has 0 atom stereocenters. The third-order valence-corrected chi connectivity index (χ3v) is 4.22. The fourth-order valence-corrected chi connectivity index (χ4v) is 2.89. The van der Waals surface area contributed by atoms with Gasteiger partial charge in [0.2, 0.25) is 0 Å². The van der Waals surface area contributed by atoms with Gasteiger partial charge < -0.3 is 9.73 Å². The fraction of sp³-hybridized carbons (Fsp3) is 0.133. The predicted molar refractivity (Wildman–Crippen MR) is 81.5 cm³/mol. The highest BCUT2D eigenvalue weighted by Crippen LogP contribution is 2.27. The Balaban J connectivity index is 1.86. The maximum absolute atomic E-state index is 12.2. The molecule has 1 aromatic carbocycles. The Bertz CT molecular complexity index is 762. The van der Waals surface area contributed by atoms with E-state index >= 15 is 0 Å². The summed E-state index contributed by atoms with van der Waals surface area (Å²) in [6.45, 7) is 2.37. The van der Waals surface area contributed by atoms with Crippen LogP contribution in [0.4, 0.5) is 0 Å². The molecule has 1 N–H and O–H groups in total. The molecule has 0 aliphatic heterocycles. The van der Waals surface area contributed by atoms with Crippen molar-refractivity contribution in [1.82, 2.24) is 5.32 Å². The predicted octanol–water partition coefficient (Wildman–Crippen LogP) is 4.39. The van der Waals surface area contributed by atoms with Gasteiger partial charge in [0.15, 0.2) is 5.76 Å². The van der Waals surface area contributed by atoms with Gasteiger partial charge in [-0.25, -0.2) is 0 Å². The number of furan rings is 1. The number of benzene rings is 1. The van der Waals surface area contributed by atoms with Gasteiger partial charge in [0.1, 0.15) is 5.58 Å². The van der Waals surface area contributed by atoms with E-state index in [1.165, 1.54) is 0 Å². The van der Waals surface area contributed by atoms with Gasteiger partial charge in [0.05, 0.1) is 6.54 Å². The minimum absolute atomic E-state index is 0.205. The van der Waals surface area contributed by atoms with Gasteiger partial charge in [-0.2, -0.15) is 0 Å². The van der Waals surface area contributed by atoms with Crippen molar-refractivity contribution in [3.63, 3.8) is 0 Å². The lowest BCUT2D eigenvalue weighted by molar-refractivity contribution is 0.0925.